The molecule has 2 aromatic carbocycles. The number of halogens is 2. The zero-order chi connectivity index (χ0) is 19.5. The number of aromatic nitrogens is 2. The van der Waals surface area contributed by atoms with E-state index >= 15 is 0 Å². The van der Waals surface area contributed by atoms with Gasteiger partial charge >= 0.3 is 5.95 Å². The first-order chi connectivity index (χ1) is 13.6. The lowest BCUT2D eigenvalue weighted by molar-refractivity contribution is -0.642. The summed E-state index contributed by atoms with van der Waals surface area (Å²) in [5.41, 5.74) is 8.93. The van der Waals surface area contributed by atoms with Crippen molar-refractivity contribution in [3.05, 3.63) is 59.9 Å². The van der Waals surface area contributed by atoms with Crippen LogP contribution in [0.25, 0.3) is 11.0 Å². The predicted octanol–water partition coefficient (Wildman–Crippen LogP) is 0.0229. The van der Waals surface area contributed by atoms with Gasteiger partial charge in [0.1, 0.15) is 23.4 Å². The van der Waals surface area contributed by atoms with E-state index in [1.54, 1.807) is 0 Å². The highest BCUT2D eigenvalue weighted by Gasteiger charge is 2.23. The standard InChI is InChI=1S/C22H25FN4O.BrH/c23-18-10-8-17(9-11-18)21(28)16-27-20-7-3-2-6-19(20)26(22(27)24)15-14-25-12-4-1-5-13-25;/h2-3,6-11,24H,1,4-5,12-16H2;1H. The smallest absolute Gasteiger partial charge is 0.356 e. The number of nitrogens with two attached hydrogens (primary N) is 1. The zero-order valence-electron chi connectivity index (χ0n) is 16.4. The molecule has 0 atom stereocenters. The van der Waals surface area contributed by atoms with E-state index < -0.39 is 0 Å². The van der Waals surface area contributed by atoms with Crippen molar-refractivity contribution in [1.29, 1.82) is 0 Å². The summed E-state index contributed by atoms with van der Waals surface area (Å²) in [6.45, 7) is 4.16. The first-order valence-corrected chi connectivity index (χ1v) is 9.91. The molecule has 0 spiro atoms. The molecule has 0 radical (unpaired) electrons. The van der Waals surface area contributed by atoms with E-state index in [1.807, 2.05) is 28.8 Å². The fourth-order valence-corrected chi connectivity index (χ4v) is 4.01. The molecule has 7 heteroatoms. The summed E-state index contributed by atoms with van der Waals surface area (Å²) in [5.74, 6) is 0.141. The second-order valence-electron chi connectivity index (χ2n) is 7.42. The Bertz CT molecular complexity index is 980. The number of likely N-dealkylation sites (tertiary alicyclic amines) is 1. The molecule has 29 heavy (non-hydrogen) atoms. The van der Waals surface area contributed by atoms with Gasteiger partial charge in [0.05, 0.1) is 6.54 Å². The van der Waals surface area contributed by atoms with E-state index in [2.05, 4.69) is 9.47 Å². The van der Waals surface area contributed by atoms with Crippen molar-refractivity contribution in [3.63, 3.8) is 0 Å². The van der Waals surface area contributed by atoms with Crippen LogP contribution in [0.2, 0.25) is 0 Å². The van der Waals surface area contributed by atoms with E-state index in [9.17, 15) is 9.18 Å². The molecule has 0 bridgehead atoms. The highest BCUT2D eigenvalue weighted by Crippen LogP contribution is 2.17. The molecule has 0 aliphatic carbocycles. The third-order valence-electron chi connectivity index (χ3n) is 5.57. The van der Waals surface area contributed by atoms with Crippen LogP contribution in [-0.2, 0) is 13.1 Å². The number of carbonyl (C=O) groups excluding carboxylic acids is 1. The summed E-state index contributed by atoms with van der Waals surface area (Å²) in [7, 11) is 0. The molecule has 5 nitrogen and oxygen atoms in total. The number of hydrogen-bond acceptors (Lipinski definition) is 3. The number of rotatable bonds is 6. The minimum Gasteiger partial charge on any atom is -1.00 e. The first kappa shape index (κ1) is 21.5. The largest absolute Gasteiger partial charge is 1.00 e. The van der Waals surface area contributed by atoms with Crippen LogP contribution in [0.3, 0.4) is 0 Å². The van der Waals surface area contributed by atoms with Gasteiger partial charge in [0.15, 0.2) is 5.78 Å². The van der Waals surface area contributed by atoms with E-state index in [1.165, 1.54) is 43.5 Å². The second kappa shape index (κ2) is 9.50. The third kappa shape index (κ3) is 4.67. The summed E-state index contributed by atoms with van der Waals surface area (Å²) in [6.07, 6.45) is 3.83. The van der Waals surface area contributed by atoms with E-state index in [4.69, 9.17) is 5.73 Å². The molecule has 1 aliphatic heterocycles. The van der Waals surface area contributed by atoms with Gasteiger partial charge in [-0.1, -0.05) is 18.6 Å². The van der Waals surface area contributed by atoms with Crippen LogP contribution in [0.5, 0.6) is 0 Å². The number of Topliss-reactive ketones (excluding diaryl/α,β-unsaturated/α-hetero) is 1. The Morgan fingerprint density at radius 3 is 2.41 bits per heavy atom. The quantitative estimate of drug-likeness (QED) is 0.416. The Hall–Kier alpha value is -2.25. The predicted molar refractivity (Wildman–Crippen MR) is 108 cm³/mol. The third-order valence-corrected chi connectivity index (χ3v) is 5.57. The summed E-state index contributed by atoms with van der Waals surface area (Å²) in [5, 5.41) is 0. The Labute approximate surface area is 180 Å². The number of carbonyl (C=O) groups is 1. The van der Waals surface area contributed by atoms with E-state index in [0.717, 1.165) is 37.2 Å². The van der Waals surface area contributed by atoms with E-state index in [-0.39, 0.29) is 35.1 Å². The number of para-hydroxylation sites is 2. The van der Waals surface area contributed by atoms with Crippen LogP contribution >= 0.6 is 0 Å². The molecule has 3 aromatic rings. The van der Waals surface area contributed by atoms with Crippen LogP contribution in [-0.4, -0.2) is 34.9 Å². The molecular weight excluding hydrogens is 435 g/mol. The topological polar surface area (TPSA) is 55.1 Å². The van der Waals surface area contributed by atoms with Gasteiger partial charge in [-0.2, -0.15) is 0 Å². The van der Waals surface area contributed by atoms with Crippen molar-refractivity contribution in [2.75, 3.05) is 25.4 Å². The van der Waals surface area contributed by atoms with Crippen molar-refractivity contribution in [1.82, 2.24) is 9.47 Å². The van der Waals surface area contributed by atoms with Gasteiger partial charge in [0, 0.05) is 12.1 Å². The van der Waals surface area contributed by atoms with Gasteiger partial charge < -0.3 is 21.9 Å². The lowest BCUT2D eigenvalue weighted by atomic mass is 10.1. The fraction of sp³-hybridized carbons (Fsp3) is 0.364. The number of nitrogen functional groups attached to an aromatic ring is 1. The Morgan fingerprint density at radius 2 is 1.69 bits per heavy atom. The lowest BCUT2D eigenvalue weighted by Gasteiger charge is -2.25. The lowest BCUT2D eigenvalue weighted by Crippen LogP contribution is -3.00. The molecule has 0 unspecified atom stereocenters. The number of fused-ring (bicyclic) bond motifs is 1. The van der Waals surface area contributed by atoms with Gasteiger partial charge in [0.25, 0.3) is 0 Å². The summed E-state index contributed by atoms with van der Waals surface area (Å²) >= 11 is 0. The summed E-state index contributed by atoms with van der Waals surface area (Å²) in [6, 6.07) is 13.6. The first-order valence-electron chi connectivity index (χ1n) is 9.91. The van der Waals surface area contributed by atoms with Crippen molar-refractivity contribution >= 4 is 22.8 Å². The average molecular weight is 461 g/mol. The van der Waals surface area contributed by atoms with Crippen LogP contribution in [0.4, 0.5) is 10.3 Å². The Balaban J connectivity index is 0.00000240. The number of imidazole rings is 1. The summed E-state index contributed by atoms with van der Waals surface area (Å²) < 4.78 is 17.1. The molecule has 0 amide bonds. The number of anilines is 1. The maximum atomic E-state index is 13.1. The normalized spacial score (nSPS) is 14.7. The second-order valence-corrected chi connectivity index (χ2v) is 7.42. The maximum Gasteiger partial charge on any atom is 0.356 e. The molecule has 2 heterocycles. The van der Waals surface area contributed by atoms with Crippen LogP contribution in [0.15, 0.2) is 48.5 Å². The van der Waals surface area contributed by atoms with Gasteiger partial charge in [-0.3, -0.25) is 10.5 Å². The van der Waals surface area contributed by atoms with Crippen LogP contribution < -0.4 is 27.3 Å². The number of benzene rings is 2. The fourth-order valence-electron chi connectivity index (χ4n) is 4.01. The molecule has 1 aromatic heterocycles. The van der Waals surface area contributed by atoms with Crippen molar-refractivity contribution in [2.24, 2.45) is 0 Å². The Kier molecular flexibility index (Phi) is 7.03. The van der Waals surface area contributed by atoms with Crippen molar-refractivity contribution < 1.29 is 30.7 Å². The monoisotopic (exact) mass is 460 g/mol. The molecule has 1 fully saturated rings. The molecule has 1 aliphatic rings. The van der Waals surface area contributed by atoms with Crippen LogP contribution in [0, 0.1) is 5.82 Å². The van der Waals surface area contributed by atoms with Gasteiger partial charge in [-0.15, -0.1) is 0 Å². The van der Waals surface area contributed by atoms with Crippen LogP contribution in [0.1, 0.15) is 29.6 Å². The molecule has 154 valence electrons. The van der Waals surface area contributed by atoms with Gasteiger partial charge in [-0.05, 0) is 62.3 Å². The SMILES string of the molecule is Nc1n(CCN2CCCCC2)c2ccccc2[n+]1CC(=O)c1ccc(F)cc1.[Br-]. The number of piperidine rings is 1. The zero-order valence-corrected chi connectivity index (χ0v) is 17.9. The van der Waals surface area contributed by atoms with Crippen molar-refractivity contribution in [2.45, 2.75) is 32.4 Å². The Morgan fingerprint density at radius 1 is 1.00 bits per heavy atom. The molecule has 0 saturated carbocycles. The van der Waals surface area contributed by atoms with E-state index in [0.29, 0.717) is 11.5 Å². The average Bonchev–Trinajstić information content (AvgIpc) is 2.99. The van der Waals surface area contributed by atoms with Crippen molar-refractivity contribution in [3.8, 4) is 0 Å². The summed E-state index contributed by atoms with van der Waals surface area (Å²) in [4.78, 5) is 15.2. The minimum absolute atomic E-state index is 0. The molecule has 1 saturated heterocycles. The molecule has 4 rings (SSSR count). The minimum atomic E-state index is -0.349. The molecule has 2 N–H and O–H groups in total. The maximum absolute atomic E-state index is 13.1. The number of ketones is 1. The highest BCUT2D eigenvalue weighted by molar-refractivity contribution is 5.95. The number of hydrogen-bond donors (Lipinski definition) is 1. The van der Waals surface area contributed by atoms with Gasteiger partial charge in [-0.25, -0.2) is 13.5 Å². The molecular formula is C22H26BrFN4O. The number of nitrogens with zero attached hydrogens (tertiary/aromatic N) is 3. The van der Waals surface area contributed by atoms with Gasteiger partial charge in [0.2, 0.25) is 0 Å². The highest BCUT2D eigenvalue weighted by atomic mass is 79.9.